The van der Waals surface area contributed by atoms with E-state index in [1.165, 1.54) is 24.3 Å². The first kappa shape index (κ1) is 7.60. The Kier molecular flexibility index (Phi) is 2.11. The molecule has 0 saturated heterocycles. The first-order valence-corrected chi connectivity index (χ1v) is 3.01. The van der Waals surface area contributed by atoms with Gasteiger partial charge in [0.1, 0.15) is 6.04 Å². The Morgan fingerprint density at radius 3 is 3.00 bits per heavy atom. The lowest BCUT2D eigenvalue weighted by atomic mass is 10.1. The minimum Gasteiger partial charge on any atom is -0.316 e. The van der Waals surface area contributed by atoms with Gasteiger partial charge in [-0.2, -0.15) is 4.99 Å². The van der Waals surface area contributed by atoms with Crippen LogP contribution in [0.15, 0.2) is 28.9 Å². The van der Waals surface area contributed by atoms with Gasteiger partial charge in [-0.05, 0) is 12.2 Å². The highest BCUT2D eigenvalue weighted by Crippen LogP contribution is 2.07. The van der Waals surface area contributed by atoms with Crippen molar-refractivity contribution in [2.24, 2.45) is 10.7 Å². The Balaban J connectivity index is 2.95. The van der Waals surface area contributed by atoms with Gasteiger partial charge in [0, 0.05) is 0 Å². The van der Waals surface area contributed by atoms with Crippen LogP contribution in [-0.4, -0.2) is 17.9 Å². The predicted octanol–water partition coefficient (Wildman–Crippen LogP) is -0.328. The van der Waals surface area contributed by atoms with E-state index in [0.717, 1.165) is 0 Å². The zero-order valence-corrected chi connectivity index (χ0v) is 5.65. The van der Waals surface area contributed by atoms with Crippen LogP contribution in [0.25, 0.3) is 0 Å². The quantitative estimate of drug-likeness (QED) is 0.411. The van der Waals surface area contributed by atoms with Crippen molar-refractivity contribution in [2.75, 3.05) is 0 Å². The molecule has 1 aliphatic rings. The summed E-state index contributed by atoms with van der Waals surface area (Å²) in [5, 5.41) is 0. The van der Waals surface area contributed by atoms with Crippen LogP contribution < -0.4 is 5.73 Å². The van der Waals surface area contributed by atoms with Crippen molar-refractivity contribution in [3.8, 4) is 0 Å². The summed E-state index contributed by atoms with van der Waals surface area (Å²) in [6.45, 7) is 0. The second-order valence-corrected chi connectivity index (χ2v) is 2.03. The van der Waals surface area contributed by atoms with E-state index in [1.807, 2.05) is 0 Å². The molecule has 1 atom stereocenters. The first-order chi connectivity index (χ1) is 5.25. The maximum Gasteiger partial charge on any atom is 0.240 e. The summed E-state index contributed by atoms with van der Waals surface area (Å²) in [6, 6.07) is -0.804. The van der Waals surface area contributed by atoms with Crippen LogP contribution in [0, 0.1) is 0 Å². The van der Waals surface area contributed by atoms with E-state index in [-0.39, 0.29) is 11.5 Å². The van der Waals surface area contributed by atoms with Crippen molar-refractivity contribution in [1.82, 2.24) is 0 Å². The van der Waals surface area contributed by atoms with Gasteiger partial charge in [0.15, 0.2) is 5.78 Å². The number of aliphatic imine (C=N–C) groups is 1. The molecule has 0 fully saturated rings. The van der Waals surface area contributed by atoms with Gasteiger partial charge in [-0.25, -0.2) is 4.79 Å². The fourth-order valence-corrected chi connectivity index (χ4v) is 0.754. The minimum absolute atomic E-state index is 0.249. The number of ketones is 1. The number of rotatable bonds is 1. The van der Waals surface area contributed by atoms with Gasteiger partial charge in [0.2, 0.25) is 6.08 Å². The Morgan fingerprint density at radius 1 is 1.64 bits per heavy atom. The van der Waals surface area contributed by atoms with Crippen LogP contribution >= 0.6 is 0 Å². The number of isocyanates is 1. The maximum absolute atomic E-state index is 10.8. The van der Waals surface area contributed by atoms with Crippen LogP contribution in [0.5, 0.6) is 0 Å². The zero-order valence-electron chi connectivity index (χ0n) is 5.65. The van der Waals surface area contributed by atoms with Crippen molar-refractivity contribution in [3.63, 3.8) is 0 Å². The van der Waals surface area contributed by atoms with Crippen molar-refractivity contribution in [2.45, 2.75) is 6.04 Å². The molecule has 0 radical (unpaired) electrons. The fraction of sp³-hybridized carbons (Fsp3) is 0.143. The normalized spacial score (nSPS) is 22.5. The highest BCUT2D eigenvalue weighted by Gasteiger charge is 2.17. The highest BCUT2D eigenvalue weighted by molar-refractivity contribution is 5.98. The van der Waals surface area contributed by atoms with E-state index < -0.39 is 6.04 Å². The molecule has 0 aliphatic heterocycles. The number of allylic oxidation sites excluding steroid dienone is 2. The van der Waals surface area contributed by atoms with Crippen LogP contribution in [-0.2, 0) is 9.59 Å². The molecule has 0 heterocycles. The molecule has 56 valence electrons. The molecule has 1 unspecified atom stereocenters. The van der Waals surface area contributed by atoms with Gasteiger partial charge < -0.3 is 5.73 Å². The van der Waals surface area contributed by atoms with Crippen molar-refractivity contribution >= 4 is 11.9 Å². The average molecular weight is 150 g/mol. The molecule has 0 aromatic rings. The largest absolute Gasteiger partial charge is 0.316 e. The van der Waals surface area contributed by atoms with Gasteiger partial charge in [-0.1, -0.05) is 6.08 Å². The molecular weight excluding hydrogens is 144 g/mol. The molecule has 4 nitrogen and oxygen atoms in total. The maximum atomic E-state index is 10.8. The standard InChI is InChI=1S/C7H6N2O2/c8-7-5(9-4-10)2-1-3-6(7)11/h1-3,7H,8H2. The molecule has 0 aromatic carbocycles. The predicted molar refractivity (Wildman–Crippen MR) is 38.3 cm³/mol. The molecular formula is C7H6N2O2. The number of carbonyl (C=O) groups is 1. The van der Waals surface area contributed by atoms with Gasteiger partial charge >= 0.3 is 0 Å². The molecule has 0 aromatic heterocycles. The third-order valence-corrected chi connectivity index (χ3v) is 1.33. The zero-order chi connectivity index (χ0) is 8.27. The lowest BCUT2D eigenvalue weighted by molar-refractivity contribution is -0.115. The summed E-state index contributed by atoms with van der Waals surface area (Å²) in [4.78, 5) is 23.9. The van der Waals surface area contributed by atoms with E-state index in [9.17, 15) is 9.59 Å². The Labute approximate surface area is 63.1 Å². The summed E-state index contributed by atoms with van der Waals surface area (Å²) >= 11 is 0. The fourth-order valence-electron chi connectivity index (χ4n) is 0.754. The van der Waals surface area contributed by atoms with E-state index in [0.29, 0.717) is 0 Å². The number of nitrogens with zero attached hydrogens (tertiary/aromatic N) is 1. The molecule has 0 bridgehead atoms. The number of hydrogen-bond donors (Lipinski definition) is 1. The Bertz CT molecular complexity index is 285. The van der Waals surface area contributed by atoms with Crippen LogP contribution in [0.3, 0.4) is 0 Å². The lowest BCUT2D eigenvalue weighted by Crippen LogP contribution is -2.31. The Morgan fingerprint density at radius 2 is 2.36 bits per heavy atom. The second-order valence-electron chi connectivity index (χ2n) is 2.03. The van der Waals surface area contributed by atoms with E-state index in [1.54, 1.807) is 0 Å². The molecule has 0 saturated carbocycles. The third kappa shape index (κ3) is 1.49. The molecule has 0 spiro atoms. The molecule has 2 N–H and O–H groups in total. The lowest BCUT2D eigenvalue weighted by Gasteiger charge is -2.08. The minimum atomic E-state index is -0.804. The van der Waals surface area contributed by atoms with E-state index in [2.05, 4.69) is 4.99 Å². The first-order valence-electron chi connectivity index (χ1n) is 3.01. The third-order valence-electron chi connectivity index (χ3n) is 1.33. The monoisotopic (exact) mass is 150 g/mol. The van der Waals surface area contributed by atoms with Gasteiger partial charge in [0.25, 0.3) is 0 Å². The second kappa shape index (κ2) is 3.05. The number of nitrogens with two attached hydrogens (primary N) is 1. The SMILES string of the molecule is NC1C(=O)C=CC=C1N=C=O. The summed E-state index contributed by atoms with van der Waals surface area (Å²) in [7, 11) is 0. The highest BCUT2D eigenvalue weighted by atomic mass is 16.1. The average Bonchev–Trinajstić information content (AvgIpc) is 1.99. The van der Waals surface area contributed by atoms with Crippen LogP contribution in [0.4, 0.5) is 0 Å². The molecule has 1 rings (SSSR count). The van der Waals surface area contributed by atoms with Gasteiger partial charge in [-0.3, -0.25) is 4.79 Å². The summed E-state index contributed by atoms with van der Waals surface area (Å²) < 4.78 is 0. The smallest absolute Gasteiger partial charge is 0.240 e. The molecule has 4 heteroatoms. The van der Waals surface area contributed by atoms with Crippen molar-refractivity contribution in [1.29, 1.82) is 0 Å². The van der Waals surface area contributed by atoms with Crippen LogP contribution in [0.2, 0.25) is 0 Å². The number of carbonyl (C=O) groups excluding carboxylic acids is 2. The van der Waals surface area contributed by atoms with Gasteiger partial charge in [0.05, 0.1) is 5.70 Å². The summed E-state index contributed by atoms with van der Waals surface area (Å²) in [5.41, 5.74) is 5.62. The number of hydrogen-bond acceptors (Lipinski definition) is 4. The molecule has 1 aliphatic carbocycles. The van der Waals surface area contributed by atoms with Crippen molar-refractivity contribution < 1.29 is 9.59 Å². The van der Waals surface area contributed by atoms with E-state index in [4.69, 9.17) is 5.73 Å². The topological polar surface area (TPSA) is 72.5 Å². The Hall–Kier alpha value is -1.51. The summed E-state index contributed by atoms with van der Waals surface area (Å²) in [6.07, 6.45) is 5.68. The molecule has 11 heavy (non-hydrogen) atoms. The summed E-state index contributed by atoms with van der Waals surface area (Å²) in [5.74, 6) is -0.249. The van der Waals surface area contributed by atoms with E-state index >= 15 is 0 Å². The van der Waals surface area contributed by atoms with Crippen molar-refractivity contribution in [3.05, 3.63) is 23.9 Å². The molecule has 0 amide bonds. The van der Waals surface area contributed by atoms with Gasteiger partial charge in [-0.15, -0.1) is 0 Å². The van der Waals surface area contributed by atoms with Crippen LogP contribution in [0.1, 0.15) is 0 Å².